The van der Waals surface area contributed by atoms with E-state index >= 15 is 0 Å². The SMILES string of the molecule is c1ccc(-c2nc3ccccc3nc2-c2ccc(-c3ccc4ccc5ccc(-c6cccnc6)nc5c4n3)cc2)cc1. The summed E-state index contributed by atoms with van der Waals surface area (Å²) in [6, 6.07) is 43.1. The summed E-state index contributed by atoms with van der Waals surface area (Å²) in [6.07, 6.45) is 3.61. The van der Waals surface area contributed by atoms with Gasteiger partial charge in [-0.25, -0.2) is 19.9 Å². The van der Waals surface area contributed by atoms with Crippen LogP contribution in [0.1, 0.15) is 0 Å². The van der Waals surface area contributed by atoms with Gasteiger partial charge in [-0.15, -0.1) is 0 Å². The Balaban J connectivity index is 1.23. The molecule has 0 bridgehead atoms. The van der Waals surface area contributed by atoms with Crippen molar-refractivity contribution in [2.75, 3.05) is 0 Å². The molecule has 0 saturated carbocycles. The molecular formula is C37H23N5. The maximum Gasteiger partial charge on any atom is 0.0973 e. The second-order valence-corrected chi connectivity index (χ2v) is 10.2. The Kier molecular flexibility index (Phi) is 5.71. The van der Waals surface area contributed by atoms with Crippen LogP contribution in [0.2, 0.25) is 0 Å². The number of para-hydroxylation sites is 2. The molecule has 0 N–H and O–H groups in total. The fourth-order valence-electron chi connectivity index (χ4n) is 5.40. The van der Waals surface area contributed by atoms with Crippen molar-refractivity contribution in [1.29, 1.82) is 0 Å². The lowest BCUT2D eigenvalue weighted by Crippen LogP contribution is -1.95. The van der Waals surface area contributed by atoms with Gasteiger partial charge < -0.3 is 0 Å². The van der Waals surface area contributed by atoms with Crippen LogP contribution in [-0.2, 0) is 0 Å². The topological polar surface area (TPSA) is 64.5 Å². The molecule has 8 rings (SSSR count). The van der Waals surface area contributed by atoms with Crippen molar-refractivity contribution >= 4 is 32.8 Å². The number of fused-ring (bicyclic) bond motifs is 4. The highest BCUT2D eigenvalue weighted by Gasteiger charge is 2.14. The van der Waals surface area contributed by atoms with Gasteiger partial charge in [-0.3, -0.25) is 4.98 Å². The monoisotopic (exact) mass is 537 g/mol. The summed E-state index contributed by atoms with van der Waals surface area (Å²) in [7, 11) is 0. The summed E-state index contributed by atoms with van der Waals surface area (Å²) in [5.74, 6) is 0. The molecule has 4 heterocycles. The van der Waals surface area contributed by atoms with Gasteiger partial charge in [0.1, 0.15) is 0 Å². The summed E-state index contributed by atoms with van der Waals surface area (Å²) < 4.78 is 0. The number of rotatable bonds is 4. The van der Waals surface area contributed by atoms with Gasteiger partial charge in [0.25, 0.3) is 0 Å². The van der Waals surface area contributed by atoms with Gasteiger partial charge in [-0.2, -0.15) is 0 Å². The molecule has 0 aliphatic heterocycles. The van der Waals surface area contributed by atoms with Crippen LogP contribution in [0.5, 0.6) is 0 Å². The van der Waals surface area contributed by atoms with Crippen LogP contribution in [0.25, 0.3) is 77.9 Å². The first kappa shape index (κ1) is 24.0. The van der Waals surface area contributed by atoms with Crippen molar-refractivity contribution in [2.24, 2.45) is 0 Å². The van der Waals surface area contributed by atoms with Crippen LogP contribution in [0.15, 0.2) is 140 Å². The van der Waals surface area contributed by atoms with E-state index < -0.39 is 0 Å². The fourth-order valence-corrected chi connectivity index (χ4v) is 5.40. The number of nitrogens with zero attached hydrogens (tertiary/aromatic N) is 5. The number of aromatic nitrogens is 5. The largest absolute Gasteiger partial charge is 0.264 e. The Morgan fingerprint density at radius 3 is 1.45 bits per heavy atom. The van der Waals surface area contributed by atoms with Crippen LogP contribution in [0, 0.1) is 0 Å². The maximum atomic E-state index is 5.11. The third kappa shape index (κ3) is 4.25. The molecule has 8 aromatic rings. The molecule has 4 aromatic heterocycles. The molecule has 5 nitrogen and oxygen atoms in total. The van der Waals surface area contributed by atoms with E-state index in [2.05, 4.69) is 71.7 Å². The zero-order valence-corrected chi connectivity index (χ0v) is 22.5. The lowest BCUT2D eigenvalue weighted by Gasteiger charge is -2.11. The average molecular weight is 538 g/mol. The predicted octanol–water partition coefficient (Wildman–Crippen LogP) is 8.79. The van der Waals surface area contributed by atoms with E-state index in [1.54, 1.807) is 6.20 Å². The Labute approximate surface area is 242 Å². The minimum absolute atomic E-state index is 0.857. The zero-order valence-electron chi connectivity index (χ0n) is 22.5. The van der Waals surface area contributed by atoms with Crippen molar-refractivity contribution in [3.8, 4) is 45.0 Å². The van der Waals surface area contributed by atoms with Gasteiger partial charge >= 0.3 is 0 Å². The lowest BCUT2D eigenvalue weighted by atomic mass is 10.0. The Morgan fingerprint density at radius 2 is 0.857 bits per heavy atom. The molecule has 0 saturated heterocycles. The van der Waals surface area contributed by atoms with Crippen LogP contribution in [0.3, 0.4) is 0 Å². The molecule has 0 radical (unpaired) electrons. The fraction of sp³-hybridized carbons (Fsp3) is 0. The molecular weight excluding hydrogens is 514 g/mol. The average Bonchev–Trinajstić information content (AvgIpc) is 3.08. The number of hydrogen-bond donors (Lipinski definition) is 0. The summed E-state index contributed by atoms with van der Waals surface area (Å²) in [6.45, 7) is 0. The molecule has 5 heteroatoms. The molecule has 0 spiro atoms. The van der Waals surface area contributed by atoms with Crippen molar-refractivity contribution in [2.45, 2.75) is 0 Å². The highest BCUT2D eigenvalue weighted by molar-refractivity contribution is 6.04. The molecule has 0 aliphatic rings. The number of benzene rings is 4. The van der Waals surface area contributed by atoms with E-state index in [1.807, 2.05) is 66.9 Å². The van der Waals surface area contributed by atoms with E-state index in [4.69, 9.17) is 19.9 Å². The van der Waals surface area contributed by atoms with Crippen molar-refractivity contribution in [3.63, 3.8) is 0 Å². The van der Waals surface area contributed by atoms with Gasteiger partial charge in [0.2, 0.25) is 0 Å². The highest BCUT2D eigenvalue weighted by atomic mass is 14.8. The predicted molar refractivity (Wildman–Crippen MR) is 170 cm³/mol. The summed E-state index contributed by atoms with van der Waals surface area (Å²) in [5.41, 5.74) is 11.1. The molecule has 0 amide bonds. The zero-order chi connectivity index (χ0) is 27.9. The normalized spacial score (nSPS) is 11.3. The lowest BCUT2D eigenvalue weighted by molar-refractivity contribution is 1.29. The first-order valence-electron chi connectivity index (χ1n) is 13.8. The molecule has 0 atom stereocenters. The van der Waals surface area contributed by atoms with E-state index in [1.165, 1.54) is 0 Å². The molecule has 0 fully saturated rings. The van der Waals surface area contributed by atoms with Crippen molar-refractivity contribution in [1.82, 2.24) is 24.9 Å². The second kappa shape index (κ2) is 9.98. The molecule has 196 valence electrons. The first-order valence-corrected chi connectivity index (χ1v) is 13.8. The third-order valence-electron chi connectivity index (χ3n) is 7.55. The minimum atomic E-state index is 0.857. The van der Waals surface area contributed by atoms with Crippen molar-refractivity contribution in [3.05, 3.63) is 140 Å². The van der Waals surface area contributed by atoms with Gasteiger partial charge in [-0.05, 0) is 36.4 Å². The number of pyridine rings is 3. The Morgan fingerprint density at radius 1 is 0.357 bits per heavy atom. The highest BCUT2D eigenvalue weighted by Crippen LogP contribution is 2.33. The van der Waals surface area contributed by atoms with Gasteiger partial charge in [-0.1, -0.05) is 91.0 Å². The molecule has 42 heavy (non-hydrogen) atoms. The van der Waals surface area contributed by atoms with E-state index in [-0.39, 0.29) is 0 Å². The molecule has 0 aliphatic carbocycles. The Hall–Kier alpha value is -5.81. The van der Waals surface area contributed by atoms with Gasteiger partial charge in [0.05, 0.1) is 44.8 Å². The number of hydrogen-bond acceptors (Lipinski definition) is 5. The van der Waals surface area contributed by atoms with E-state index in [9.17, 15) is 0 Å². The summed E-state index contributed by atoms with van der Waals surface area (Å²) >= 11 is 0. The van der Waals surface area contributed by atoms with Crippen LogP contribution < -0.4 is 0 Å². The van der Waals surface area contributed by atoms with Gasteiger partial charge in [0.15, 0.2) is 0 Å². The molecule has 4 aromatic carbocycles. The second-order valence-electron chi connectivity index (χ2n) is 10.2. The van der Waals surface area contributed by atoms with E-state index in [0.29, 0.717) is 0 Å². The first-order chi connectivity index (χ1) is 20.8. The minimum Gasteiger partial charge on any atom is -0.264 e. The van der Waals surface area contributed by atoms with Crippen molar-refractivity contribution < 1.29 is 0 Å². The summed E-state index contributed by atoms with van der Waals surface area (Å²) in [4.78, 5) is 24.4. The van der Waals surface area contributed by atoms with Crippen LogP contribution in [0.4, 0.5) is 0 Å². The van der Waals surface area contributed by atoms with E-state index in [0.717, 1.165) is 77.9 Å². The molecule has 0 unspecified atom stereocenters. The quantitative estimate of drug-likeness (QED) is 0.210. The third-order valence-corrected chi connectivity index (χ3v) is 7.55. The Bertz CT molecular complexity index is 2230. The van der Waals surface area contributed by atoms with Crippen LogP contribution in [-0.4, -0.2) is 24.9 Å². The summed E-state index contributed by atoms with van der Waals surface area (Å²) in [5, 5.41) is 2.11. The smallest absolute Gasteiger partial charge is 0.0973 e. The van der Waals surface area contributed by atoms with Crippen LogP contribution >= 0.6 is 0 Å². The standard InChI is InChI=1S/C37H23N5/c1-2-7-25(8-3-1)34-37(42-33-11-5-4-10-32(33)41-34)26-14-12-24(13-15-26)30-20-18-27-16-17-28-19-21-31(29-9-6-22-38-23-29)40-36(28)35(27)39-30/h1-23H. The van der Waals surface area contributed by atoms with Gasteiger partial charge in [0, 0.05) is 45.4 Å². The maximum absolute atomic E-state index is 5.11.